The first-order valence-electron chi connectivity index (χ1n) is 5.47. The first-order valence-corrected chi connectivity index (χ1v) is 6.26. The highest BCUT2D eigenvalue weighted by atomic mass is 79.9. The molecule has 2 rings (SSSR count). The Bertz CT molecular complexity index is 528. The van der Waals surface area contributed by atoms with Crippen LogP contribution in [0.4, 0.5) is 0 Å². The van der Waals surface area contributed by atoms with Crippen molar-refractivity contribution in [2.24, 2.45) is 0 Å². The highest BCUT2D eigenvalue weighted by Crippen LogP contribution is 2.31. The zero-order chi connectivity index (χ0) is 13.0. The lowest BCUT2D eigenvalue weighted by Crippen LogP contribution is -2.05. The lowest BCUT2D eigenvalue weighted by atomic mass is 10.2. The lowest BCUT2D eigenvalue weighted by Gasteiger charge is -2.10. The number of nitrogens with zero attached hydrogens (tertiary/aromatic N) is 3. The van der Waals surface area contributed by atoms with Crippen LogP contribution in [0.5, 0.6) is 5.75 Å². The van der Waals surface area contributed by atoms with Crippen LogP contribution < -0.4 is 4.74 Å². The predicted octanol–water partition coefficient (Wildman–Crippen LogP) is 2.36. The molecule has 0 N–H and O–H groups in total. The largest absolute Gasteiger partial charge is 0.496 e. The molecule has 0 radical (unpaired) electrons. The zero-order valence-corrected chi connectivity index (χ0v) is 11.8. The molecule has 0 aliphatic heterocycles. The summed E-state index contributed by atoms with van der Waals surface area (Å²) < 4.78 is 13.3. The van der Waals surface area contributed by atoms with Crippen molar-refractivity contribution < 1.29 is 9.47 Å². The minimum atomic E-state index is 0.615. The highest BCUT2D eigenvalue weighted by Gasteiger charge is 2.12. The maximum Gasteiger partial charge on any atom is 0.167 e. The molecule has 0 atom stereocenters. The van der Waals surface area contributed by atoms with E-state index >= 15 is 0 Å². The van der Waals surface area contributed by atoms with E-state index in [0.717, 1.165) is 21.6 Å². The van der Waals surface area contributed by atoms with E-state index in [0.29, 0.717) is 13.2 Å². The van der Waals surface area contributed by atoms with E-state index in [1.54, 1.807) is 20.5 Å². The SMILES string of the molecule is COCCn1cnnc1-c1ccc(Br)cc1OC. The minimum Gasteiger partial charge on any atom is -0.496 e. The lowest BCUT2D eigenvalue weighted by molar-refractivity contribution is 0.187. The average Bonchev–Trinajstić information content (AvgIpc) is 2.84. The molecule has 0 amide bonds. The molecule has 18 heavy (non-hydrogen) atoms. The van der Waals surface area contributed by atoms with Gasteiger partial charge < -0.3 is 14.0 Å². The Morgan fingerprint density at radius 1 is 1.33 bits per heavy atom. The van der Waals surface area contributed by atoms with Gasteiger partial charge in [-0.05, 0) is 18.2 Å². The second kappa shape index (κ2) is 5.97. The molecule has 1 aromatic carbocycles. The van der Waals surface area contributed by atoms with Crippen LogP contribution >= 0.6 is 15.9 Å². The molecule has 96 valence electrons. The van der Waals surface area contributed by atoms with Gasteiger partial charge >= 0.3 is 0 Å². The summed E-state index contributed by atoms with van der Waals surface area (Å²) >= 11 is 3.42. The Kier molecular flexibility index (Phi) is 4.33. The number of rotatable bonds is 5. The van der Waals surface area contributed by atoms with Gasteiger partial charge in [0.05, 0.1) is 19.3 Å². The van der Waals surface area contributed by atoms with Gasteiger partial charge in [0.25, 0.3) is 0 Å². The van der Waals surface area contributed by atoms with Gasteiger partial charge in [-0.3, -0.25) is 0 Å². The van der Waals surface area contributed by atoms with Crippen LogP contribution in [0.3, 0.4) is 0 Å². The number of halogens is 1. The Balaban J connectivity index is 2.39. The Hall–Kier alpha value is -1.40. The summed E-state index contributed by atoms with van der Waals surface area (Å²) in [6, 6.07) is 5.81. The van der Waals surface area contributed by atoms with Gasteiger partial charge in [0.15, 0.2) is 5.82 Å². The first kappa shape index (κ1) is 13.0. The molecule has 5 nitrogen and oxygen atoms in total. The molecule has 0 unspecified atom stereocenters. The summed E-state index contributed by atoms with van der Waals surface area (Å²) in [4.78, 5) is 0. The van der Waals surface area contributed by atoms with Gasteiger partial charge in [0.1, 0.15) is 12.1 Å². The molecule has 0 fully saturated rings. The smallest absolute Gasteiger partial charge is 0.167 e. The second-order valence-electron chi connectivity index (χ2n) is 3.69. The molecular weight excluding hydrogens is 298 g/mol. The van der Waals surface area contributed by atoms with Crippen molar-refractivity contribution in [3.63, 3.8) is 0 Å². The molecule has 0 bridgehead atoms. The zero-order valence-electron chi connectivity index (χ0n) is 10.3. The minimum absolute atomic E-state index is 0.615. The molecule has 1 heterocycles. The van der Waals surface area contributed by atoms with E-state index in [9.17, 15) is 0 Å². The summed E-state index contributed by atoms with van der Waals surface area (Å²) in [5.41, 5.74) is 0.911. The van der Waals surface area contributed by atoms with Gasteiger partial charge in [-0.15, -0.1) is 10.2 Å². The Labute approximate surface area is 114 Å². The van der Waals surface area contributed by atoms with Crippen LogP contribution in [0.15, 0.2) is 29.0 Å². The number of ether oxygens (including phenoxy) is 2. The standard InChI is InChI=1S/C12H14BrN3O2/c1-17-6-5-16-8-14-15-12(16)10-4-3-9(13)7-11(10)18-2/h3-4,7-8H,5-6H2,1-2H3. The van der Waals surface area contributed by atoms with Gasteiger partial charge in [-0.1, -0.05) is 15.9 Å². The van der Waals surface area contributed by atoms with Crippen molar-refractivity contribution in [3.05, 3.63) is 29.0 Å². The molecule has 0 aliphatic rings. The third-order valence-electron chi connectivity index (χ3n) is 2.56. The van der Waals surface area contributed by atoms with Crippen molar-refractivity contribution in [2.75, 3.05) is 20.8 Å². The monoisotopic (exact) mass is 311 g/mol. The fraction of sp³-hybridized carbons (Fsp3) is 0.333. The third kappa shape index (κ3) is 2.70. The van der Waals surface area contributed by atoms with E-state index in [1.165, 1.54) is 0 Å². The molecule has 1 aromatic heterocycles. The topological polar surface area (TPSA) is 49.2 Å². The number of hydrogen-bond donors (Lipinski definition) is 0. The van der Waals surface area contributed by atoms with E-state index in [1.807, 2.05) is 22.8 Å². The third-order valence-corrected chi connectivity index (χ3v) is 3.05. The van der Waals surface area contributed by atoms with Crippen molar-refractivity contribution in [3.8, 4) is 17.1 Å². The van der Waals surface area contributed by atoms with Crippen LogP contribution in [0, 0.1) is 0 Å². The molecule has 0 spiro atoms. The summed E-state index contributed by atoms with van der Waals surface area (Å²) in [7, 11) is 3.31. The maximum absolute atomic E-state index is 5.37. The van der Waals surface area contributed by atoms with Crippen LogP contribution in [-0.4, -0.2) is 35.6 Å². The maximum atomic E-state index is 5.37. The normalized spacial score (nSPS) is 10.6. The van der Waals surface area contributed by atoms with Crippen molar-refractivity contribution in [1.29, 1.82) is 0 Å². The summed E-state index contributed by atoms with van der Waals surface area (Å²) in [6.07, 6.45) is 1.69. The summed E-state index contributed by atoms with van der Waals surface area (Å²) in [6.45, 7) is 1.32. The van der Waals surface area contributed by atoms with E-state index < -0.39 is 0 Å². The fourth-order valence-electron chi connectivity index (χ4n) is 1.67. The fourth-order valence-corrected chi connectivity index (χ4v) is 2.01. The van der Waals surface area contributed by atoms with Crippen LogP contribution in [0.1, 0.15) is 0 Å². The van der Waals surface area contributed by atoms with Crippen molar-refractivity contribution in [1.82, 2.24) is 14.8 Å². The average molecular weight is 312 g/mol. The van der Waals surface area contributed by atoms with Crippen LogP contribution in [0.25, 0.3) is 11.4 Å². The van der Waals surface area contributed by atoms with Gasteiger partial charge in [0.2, 0.25) is 0 Å². The highest BCUT2D eigenvalue weighted by molar-refractivity contribution is 9.10. The predicted molar refractivity (Wildman–Crippen MR) is 71.6 cm³/mol. The van der Waals surface area contributed by atoms with E-state index in [4.69, 9.17) is 9.47 Å². The van der Waals surface area contributed by atoms with Crippen molar-refractivity contribution >= 4 is 15.9 Å². The second-order valence-corrected chi connectivity index (χ2v) is 4.60. The Morgan fingerprint density at radius 3 is 2.89 bits per heavy atom. The quantitative estimate of drug-likeness (QED) is 0.850. The molecule has 0 saturated heterocycles. The van der Waals surface area contributed by atoms with Gasteiger partial charge in [-0.25, -0.2) is 0 Å². The number of hydrogen-bond acceptors (Lipinski definition) is 4. The van der Waals surface area contributed by atoms with E-state index in [2.05, 4.69) is 26.1 Å². The molecule has 2 aromatic rings. The molecular formula is C12H14BrN3O2. The summed E-state index contributed by atoms with van der Waals surface area (Å²) in [5, 5.41) is 8.08. The van der Waals surface area contributed by atoms with Gasteiger partial charge in [0, 0.05) is 18.1 Å². The molecule has 0 aliphatic carbocycles. The van der Waals surface area contributed by atoms with Crippen LogP contribution in [0.2, 0.25) is 0 Å². The number of methoxy groups -OCH3 is 2. The van der Waals surface area contributed by atoms with E-state index in [-0.39, 0.29) is 0 Å². The number of aromatic nitrogens is 3. The van der Waals surface area contributed by atoms with Crippen molar-refractivity contribution in [2.45, 2.75) is 6.54 Å². The summed E-state index contributed by atoms with van der Waals surface area (Å²) in [5.74, 6) is 1.53. The number of benzene rings is 1. The van der Waals surface area contributed by atoms with Gasteiger partial charge in [-0.2, -0.15) is 0 Å². The molecule has 0 saturated carbocycles. The van der Waals surface area contributed by atoms with Crippen LogP contribution in [-0.2, 0) is 11.3 Å². The first-order chi connectivity index (χ1) is 8.76. The Morgan fingerprint density at radius 2 is 2.17 bits per heavy atom. The molecule has 6 heteroatoms.